The normalized spacial score (nSPS) is 28.1. The van der Waals surface area contributed by atoms with Crippen LogP contribution in [-0.2, 0) is 0 Å². The van der Waals surface area contributed by atoms with E-state index in [0.717, 1.165) is 50.5 Å². The van der Waals surface area contributed by atoms with Crippen LogP contribution in [0.1, 0.15) is 72.5 Å². The molecule has 2 aliphatic heterocycles. The largest absolute Gasteiger partial charge is 0.395 e. The number of carbonyl (C=O) groups excluding carboxylic acids is 1. The van der Waals surface area contributed by atoms with Gasteiger partial charge in [-0.2, -0.15) is 0 Å². The SMILES string of the molecule is O=C(c1csc(C2CCN(CCO)CC2)c1)N1CCCC2CCCCC21. The molecule has 2 unspecified atom stereocenters. The van der Waals surface area contributed by atoms with E-state index in [2.05, 4.69) is 21.2 Å². The smallest absolute Gasteiger partial charge is 0.254 e. The second-order valence-electron chi connectivity index (χ2n) is 8.33. The summed E-state index contributed by atoms with van der Waals surface area (Å²) in [6.07, 6.45) is 9.92. The number of likely N-dealkylation sites (tertiary alicyclic amines) is 2. The van der Waals surface area contributed by atoms with Crippen LogP contribution in [0.15, 0.2) is 11.4 Å². The van der Waals surface area contributed by atoms with Gasteiger partial charge in [0.1, 0.15) is 0 Å². The van der Waals surface area contributed by atoms with E-state index in [1.807, 2.05) is 0 Å². The van der Waals surface area contributed by atoms with Crippen molar-refractivity contribution in [2.24, 2.45) is 5.92 Å². The van der Waals surface area contributed by atoms with Crippen LogP contribution < -0.4 is 0 Å². The van der Waals surface area contributed by atoms with Gasteiger partial charge in [-0.1, -0.05) is 12.8 Å². The first-order valence-corrected chi connectivity index (χ1v) is 11.4. The summed E-state index contributed by atoms with van der Waals surface area (Å²) in [5.74, 6) is 1.61. The third kappa shape index (κ3) is 3.85. The van der Waals surface area contributed by atoms with Gasteiger partial charge in [0.25, 0.3) is 5.91 Å². The molecule has 0 bridgehead atoms. The Morgan fingerprint density at radius 3 is 2.65 bits per heavy atom. The molecular formula is C21H32N2O2S. The molecule has 0 aromatic carbocycles. The fourth-order valence-electron chi connectivity index (χ4n) is 5.30. The van der Waals surface area contributed by atoms with Gasteiger partial charge in [0, 0.05) is 29.4 Å². The van der Waals surface area contributed by atoms with Crippen LogP contribution in [0, 0.1) is 5.92 Å². The number of fused-ring (bicyclic) bond motifs is 1. The Balaban J connectivity index is 1.40. The Morgan fingerprint density at radius 1 is 1.08 bits per heavy atom. The summed E-state index contributed by atoms with van der Waals surface area (Å²) >= 11 is 1.78. The molecular weight excluding hydrogens is 344 g/mol. The molecule has 5 heteroatoms. The minimum Gasteiger partial charge on any atom is -0.395 e. The van der Waals surface area contributed by atoms with Crippen molar-refractivity contribution in [3.63, 3.8) is 0 Å². The van der Waals surface area contributed by atoms with Crippen molar-refractivity contribution in [2.45, 2.75) is 63.3 Å². The first-order chi connectivity index (χ1) is 12.8. The lowest BCUT2D eigenvalue weighted by Crippen LogP contribution is -2.49. The number of nitrogens with zero attached hydrogens (tertiary/aromatic N) is 2. The van der Waals surface area contributed by atoms with E-state index in [1.165, 1.54) is 43.4 Å². The molecule has 4 nitrogen and oxygen atoms in total. The van der Waals surface area contributed by atoms with Crippen LogP contribution >= 0.6 is 11.3 Å². The topological polar surface area (TPSA) is 43.8 Å². The van der Waals surface area contributed by atoms with Gasteiger partial charge in [-0.25, -0.2) is 0 Å². The lowest BCUT2D eigenvalue weighted by molar-refractivity contribution is 0.0391. The molecule has 1 aromatic rings. The van der Waals surface area contributed by atoms with Gasteiger partial charge in [0.2, 0.25) is 0 Å². The lowest BCUT2D eigenvalue weighted by Gasteiger charge is -2.44. The highest BCUT2D eigenvalue weighted by atomic mass is 32.1. The maximum absolute atomic E-state index is 13.2. The Hall–Kier alpha value is -0.910. The fourth-order valence-corrected chi connectivity index (χ4v) is 6.36. The Morgan fingerprint density at radius 2 is 1.85 bits per heavy atom. The van der Waals surface area contributed by atoms with E-state index in [9.17, 15) is 4.79 Å². The molecule has 1 saturated carbocycles. The minimum absolute atomic E-state index is 0.250. The van der Waals surface area contributed by atoms with Crippen LogP contribution in [0.2, 0.25) is 0 Å². The quantitative estimate of drug-likeness (QED) is 0.871. The third-order valence-electron chi connectivity index (χ3n) is 6.78. The molecule has 1 amide bonds. The monoisotopic (exact) mass is 376 g/mol. The van der Waals surface area contributed by atoms with Crippen LogP contribution in [-0.4, -0.2) is 59.6 Å². The molecule has 3 heterocycles. The van der Waals surface area contributed by atoms with Gasteiger partial charge in [0.05, 0.1) is 12.2 Å². The van der Waals surface area contributed by atoms with Crippen LogP contribution in [0.5, 0.6) is 0 Å². The van der Waals surface area contributed by atoms with Crippen molar-refractivity contribution in [1.82, 2.24) is 9.80 Å². The predicted octanol–water partition coefficient (Wildman–Crippen LogP) is 3.71. The van der Waals surface area contributed by atoms with Crippen LogP contribution in [0.4, 0.5) is 0 Å². The zero-order chi connectivity index (χ0) is 17.9. The standard InChI is InChI=1S/C21H32N2O2S/c24-13-12-22-10-7-17(8-11-22)20-14-18(15-26-20)21(25)23-9-3-5-16-4-1-2-6-19(16)23/h14-17,19,24H,1-13H2. The van der Waals surface area contributed by atoms with E-state index >= 15 is 0 Å². The summed E-state index contributed by atoms with van der Waals surface area (Å²) in [4.78, 5) is 19.1. The van der Waals surface area contributed by atoms with E-state index in [0.29, 0.717) is 12.0 Å². The van der Waals surface area contributed by atoms with Crippen molar-refractivity contribution in [3.05, 3.63) is 21.9 Å². The molecule has 0 radical (unpaired) electrons. The second kappa shape index (κ2) is 8.41. The molecule has 3 fully saturated rings. The van der Waals surface area contributed by atoms with Gasteiger partial charge in [-0.15, -0.1) is 11.3 Å². The summed E-state index contributed by atoms with van der Waals surface area (Å²) < 4.78 is 0. The van der Waals surface area contributed by atoms with Crippen molar-refractivity contribution < 1.29 is 9.90 Å². The molecule has 1 aliphatic carbocycles. The Bertz CT molecular complexity index is 607. The molecule has 1 N–H and O–H groups in total. The Labute approximate surface area is 161 Å². The second-order valence-corrected chi connectivity index (χ2v) is 9.27. The van der Waals surface area contributed by atoms with E-state index in [4.69, 9.17) is 5.11 Å². The van der Waals surface area contributed by atoms with Crippen molar-refractivity contribution in [3.8, 4) is 0 Å². The van der Waals surface area contributed by atoms with E-state index < -0.39 is 0 Å². The van der Waals surface area contributed by atoms with Gasteiger partial charge in [0.15, 0.2) is 0 Å². The Kier molecular flexibility index (Phi) is 5.97. The molecule has 4 rings (SSSR count). The lowest BCUT2D eigenvalue weighted by atomic mass is 9.78. The van der Waals surface area contributed by atoms with Crippen molar-refractivity contribution >= 4 is 17.2 Å². The maximum Gasteiger partial charge on any atom is 0.254 e. The van der Waals surface area contributed by atoms with E-state index in [-0.39, 0.29) is 12.5 Å². The number of hydrogen-bond donors (Lipinski definition) is 1. The number of β-amino-alcohol motifs (C(OH)–C–C–N with tert-alkyl or cyclic N) is 1. The average molecular weight is 377 g/mol. The van der Waals surface area contributed by atoms with Crippen LogP contribution in [0.25, 0.3) is 0 Å². The number of thiophene rings is 1. The summed E-state index contributed by atoms with van der Waals surface area (Å²) in [5.41, 5.74) is 0.925. The van der Waals surface area contributed by atoms with Crippen LogP contribution in [0.3, 0.4) is 0 Å². The summed E-state index contributed by atoms with van der Waals surface area (Å²) in [5, 5.41) is 11.2. The summed E-state index contributed by atoms with van der Waals surface area (Å²) in [7, 11) is 0. The van der Waals surface area contributed by atoms with E-state index in [1.54, 1.807) is 11.3 Å². The predicted molar refractivity (Wildman–Crippen MR) is 106 cm³/mol. The van der Waals surface area contributed by atoms with Gasteiger partial charge in [-0.05, 0) is 69.5 Å². The number of rotatable bonds is 4. The number of carbonyl (C=O) groups is 1. The third-order valence-corrected chi connectivity index (χ3v) is 7.87. The molecule has 0 spiro atoms. The number of aliphatic hydroxyl groups is 1. The van der Waals surface area contributed by atoms with Gasteiger partial charge < -0.3 is 14.9 Å². The molecule has 3 aliphatic rings. The maximum atomic E-state index is 13.2. The number of aliphatic hydroxyl groups excluding tert-OH is 1. The zero-order valence-electron chi connectivity index (χ0n) is 15.7. The zero-order valence-corrected chi connectivity index (χ0v) is 16.6. The van der Waals surface area contributed by atoms with Gasteiger partial charge in [-0.3, -0.25) is 4.79 Å². The molecule has 26 heavy (non-hydrogen) atoms. The molecule has 2 atom stereocenters. The van der Waals surface area contributed by atoms with Crippen molar-refractivity contribution in [1.29, 1.82) is 0 Å². The number of piperidine rings is 2. The highest BCUT2D eigenvalue weighted by Crippen LogP contribution is 2.37. The first-order valence-electron chi connectivity index (χ1n) is 10.5. The minimum atomic E-state index is 0.250. The highest BCUT2D eigenvalue weighted by Gasteiger charge is 2.36. The first kappa shape index (κ1) is 18.5. The molecule has 144 valence electrons. The highest BCUT2D eigenvalue weighted by molar-refractivity contribution is 7.10. The van der Waals surface area contributed by atoms with Crippen molar-refractivity contribution in [2.75, 3.05) is 32.8 Å². The summed E-state index contributed by atoms with van der Waals surface area (Å²) in [6.45, 7) is 4.11. The van der Waals surface area contributed by atoms with Gasteiger partial charge >= 0.3 is 0 Å². The molecule has 2 saturated heterocycles. The fraction of sp³-hybridized carbons (Fsp3) is 0.762. The molecule has 1 aromatic heterocycles. The number of amides is 1. The summed E-state index contributed by atoms with van der Waals surface area (Å²) in [6, 6.07) is 2.68. The average Bonchev–Trinajstić information content (AvgIpc) is 3.18. The number of hydrogen-bond acceptors (Lipinski definition) is 4.